The Morgan fingerprint density at radius 3 is 2.52 bits per heavy atom. The first-order chi connectivity index (χ1) is 15.1. The van der Waals surface area contributed by atoms with Gasteiger partial charge in [0.1, 0.15) is 18.1 Å². The third-order valence-corrected chi connectivity index (χ3v) is 4.71. The molecule has 3 aromatic rings. The lowest BCUT2D eigenvalue weighted by Gasteiger charge is -2.09. The normalized spacial score (nSPS) is 10.8. The Labute approximate surface area is 182 Å². The monoisotopic (exact) mass is 424 g/mol. The first-order valence-corrected chi connectivity index (χ1v) is 10.3. The average Bonchev–Trinajstić information content (AvgIpc) is 3.10. The minimum atomic E-state index is -0.188. The minimum Gasteiger partial charge on any atom is -0.489 e. The van der Waals surface area contributed by atoms with Gasteiger partial charge >= 0.3 is 0 Å². The molecule has 0 aliphatic rings. The lowest BCUT2D eigenvalue weighted by atomic mass is 10.1. The van der Waals surface area contributed by atoms with Crippen LogP contribution in [0.15, 0.2) is 53.1 Å². The lowest BCUT2D eigenvalue weighted by Crippen LogP contribution is -2.12. The maximum atomic E-state index is 12.6. The summed E-state index contributed by atoms with van der Waals surface area (Å²) in [6.07, 6.45) is 0. The fourth-order valence-electron chi connectivity index (χ4n) is 2.96. The molecule has 0 bridgehead atoms. The molecule has 0 saturated carbocycles. The van der Waals surface area contributed by atoms with E-state index in [1.165, 1.54) is 0 Å². The SMILES string of the molecule is CCOCCOCc1cccc(NC(=O)c2ccc(OCc3c(C)noc3C)cc2)c1. The minimum absolute atomic E-state index is 0.188. The Hall–Kier alpha value is -3.16. The summed E-state index contributed by atoms with van der Waals surface area (Å²) in [5, 5.41) is 6.84. The van der Waals surface area contributed by atoms with Crippen molar-refractivity contribution in [2.24, 2.45) is 0 Å². The molecule has 31 heavy (non-hydrogen) atoms. The van der Waals surface area contributed by atoms with Gasteiger partial charge in [-0.1, -0.05) is 17.3 Å². The number of amides is 1. The Balaban J connectivity index is 1.51. The predicted octanol–water partition coefficient (Wildman–Crippen LogP) is 4.68. The molecule has 0 aliphatic heterocycles. The largest absolute Gasteiger partial charge is 0.489 e. The van der Waals surface area contributed by atoms with Crippen LogP contribution in [0.2, 0.25) is 0 Å². The summed E-state index contributed by atoms with van der Waals surface area (Å²) in [7, 11) is 0. The summed E-state index contributed by atoms with van der Waals surface area (Å²) >= 11 is 0. The van der Waals surface area contributed by atoms with E-state index in [9.17, 15) is 4.79 Å². The maximum absolute atomic E-state index is 12.6. The van der Waals surface area contributed by atoms with E-state index in [0.29, 0.717) is 44.3 Å². The number of benzene rings is 2. The number of carbonyl (C=O) groups is 1. The molecule has 164 valence electrons. The number of rotatable bonds is 11. The van der Waals surface area contributed by atoms with Gasteiger partial charge < -0.3 is 24.1 Å². The molecule has 0 atom stereocenters. The summed E-state index contributed by atoms with van der Waals surface area (Å²) in [5.41, 5.74) is 3.99. The van der Waals surface area contributed by atoms with Crippen molar-refractivity contribution in [2.75, 3.05) is 25.1 Å². The Morgan fingerprint density at radius 1 is 1.03 bits per heavy atom. The van der Waals surface area contributed by atoms with Crippen LogP contribution in [0.4, 0.5) is 5.69 Å². The van der Waals surface area contributed by atoms with E-state index in [2.05, 4.69) is 10.5 Å². The van der Waals surface area contributed by atoms with Gasteiger partial charge in [-0.2, -0.15) is 0 Å². The number of aromatic nitrogens is 1. The Kier molecular flexibility index (Phi) is 8.20. The molecule has 0 aliphatic carbocycles. The van der Waals surface area contributed by atoms with Gasteiger partial charge in [-0.25, -0.2) is 0 Å². The highest BCUT2D eigenvalue weighted by molar-refractivity contribution is 6.04. The Morgan fingerprint density at radius 2 is 1.81 bits per heavy atom. The summed E-state index contributed by atoms with van der Waals surface area (Å²) in [4.78, 5) is 12.6. The van der Waals surface area contributed by atoms with Crippen molar-refractivity contribution in [1.82, 2.24) is 5.16 Å². The molecule has 2 aromatic carbocycles. The van der Waals surface area contributed by atoms with E-state index in [4.69, 9.17) is 18.7 Å². The Bertz CT molecular complexity index is 962. The number of hydrogen-bond donors (Lipinski definition) is 1. The molecule has 0 unspecified atom stereocenters. The number of nitrogens with one attached hydrogen (secondary N) is 1. The van der Waals surface area contributed by atoms with Gasteiger partial charge in [-0.15, -0.1) is 0 Å². The van der Waals surface area contributed by atoms with Crippen molar-refractivity contribution >= 4 is 11.6 Å². The second-order valence-electron chi connectivity index (χ2n) is 7.02. The average molecular weight is 424 g/mol. The lowest BCUT2D eigenvalue weighted by molar-refractivity contribution is 0.0453. The van der Waals surface area contributed by atoms with Crippen LogP contribution >= 0.6 is 0 Å². The maximum Gasteiger partial charge on any atom is 0.255 e. The number of nitrogens with zero attached hydrogens (tertiary/aromatic N) is 1. The molecular weight excluding hydrogens is 396 g/mol. The number of anilines is 1. The zero-order chi connectivity index (χ0) is 22.1. The summed E-state index contributed by atoms with van der Waals surface area (Å²) in [6, 6.07) is 14.6. The zero-order valence-corrected chi connectivity index (χ0v) is 18.1. The van der Waals surface area contributed by atoms with Crippen molar-refractivity contribution in [2.45, 2.75) is 34.0 Å². The summed E-state index contributed by atoms with van der Waals surface area (Å²) in [5.74, 6) is 1.23. The van der Waals surface area contributed by atoms with Gasteiger partial charge in [-0.05, 0) is 62.7 Å². The first-order valence-electron chi connectivity index (χ1n) is 10.3. The van der Waals surface area contributed by atoms with E-state index < -0.39 is 0 Å². The van der Waals surface area contributed by atoms with E-state index in [1.807, 2.05) is 45.0 Å². The van der Waals surface area contributed by atoms with E-state index in [1.54, 1.807) is 24.3 Å². The fourth-order valence-corrected chi connectivity index (χ4v) is 2.96. The van der Waals surface area contributed by atoms with Crippen LogP contribution in [0.1, 0.15) is 39.9 Å². The highest BCUT2D eigenvalue weighted by atomic mass is 16.5. The van der Waals surface area contributed by atoms with Crippen LogP contribution in [-0.2, 0) is 22.7 Å². The van der Waals surface area contributed by atoms with Gasteiger partial charge in [0.2, 0.25) is 0 Å². The van der Waals surface area contributed by atoms with Crippen molar-refractivity contribution in [3.05, 3.63) is 76.7 Å². The third-order valence-electron chi connectivity index (χ3n) is 4.71. The first kappa shape index (κ1) is 22.5. The highest BCUT2D eigenvalue weighted by Gasteiger charge is 2.11. The molecule has 0 saturated heterocycles. The van der Waals surface area contributed by atoms with Crippen molar-refractivity contribution in [3.63, 3.8) is 0 Å². The van der Waals surface area contributed by atoms with E-state index >= 15 is 0 Å². The number of ether oxygens (including phenoxy) is 3. The third kappa shape index (κ3) is 6.67. The smallest absolute Gasteiger partial charge is 0.255 e. The molecule has 0 spiro atoms. The molecule has 7 heteroatoms. The second-order valence-corrected chi connectivity index (χ2v) is 7.02. The van der Waals surface area contributed by atoms with Crippen molar-refractivity contribution in [1.29, 1.82) is 0 Å². The van der Waals surface area contributed by atoms with Crippen molar-refractivity contribution in [3.8, 4) is 5.75 Å². The number of hydrogen-bond acceptors (Lipinski definition) is 6. The molecule has 7 nitrogen and oxygen atoms in total. The van der Waals surface area contributed by atoms with Crippen LogP contribution in [0.5, 0.6) is 5.75 Å². The fraction of sp³-hybridized carbons (Fsp3) is 0.333. The molecule has 0 fully saturated rings. The topological polar surface area (TPSA) is 82.8 Å². The van der Waals surface area contributed by atoms with Crippen LogP contribution in [0, 0.1) is 13.8 Å². The number of aryl methyl sites for hydroxylation is 2. The molecule has 1 aromatic heterocycles. The van der Waals surface area contributed by atoms with Gasteiger partial charge in [-0.3, -0.25) is 4.79 Å². The van der Waals surface area contributed by atoms with E-state index in [-0.39, 0.29) is 5.91 Å². The van der Waals surface area contributed by atoms with Crippen LogP contribution < -0.4 is 10.1 Å². The van der Waals surface area contributed by atoms with E-state index in [0.717, 1.165) is 28.3 Å². The molecule has 1 N–H and O–H groups in total. The van der Waals surface area contributed by atoms with Gasteiger partial charge in [0.05, 0.1) is 31.1 Å². The van der Waals surface area contributed by atoms with Crippen LogP contribution in [0.25, 0.3) is 0 Å². The summed E-state index contributed by atoms with van der Waals surface area (Å²) in [6.45, 7) is 8.31. The highest BCUT2D eigenvalue weighted by Crippen LogP contribution is 2.19. The standard InChI is InChI=1S/C24H28N2O5/c1-4-28-12-13-29-15-19-6-5-7-21(14-19)25-24(27)20-8-10-22(11-9-20)30-16-23-17(2)26-31-18(23)3/h5-11,14H,4,12-13,15-16H2,1-3H3,(H,25,27). The number of carbonyl (C=O) groups excluding carboxylic acids is 1. The molecule has 3 rings (SSSR count). The van der Waals surface area contributed by atoms with Crippen molar-refractivity contribution < 1.29 is 23.5 Å². The predicted molar refractivity (Wildman–Crippen MR) is 117 cm³/mol. The van der Waals surface area contributed by atoms with Gasteiger partial charge in [0.25, 0.3) is 5.91 Å². The quantitative estimate of drug-likeness (QED) is 0.450. The van der Waals surface area contributed by atoms with Gasteiger partial charge in [0.15, 0.2) is 0 Å². The van der Waals surface area contributed by atoms with Gasteiger partial charge in [0, 0.05) is 17.9 Å². The van der Waals surface area contributed by atoms with Crippen LogP contribution in [-0.4, -0.2) is 30.9 Å². The molecular formula is C24H28N2O5. The van der Waals surface area contributed by atoms with Crippen LogP contribution in [0.3, 0.4) is 0 Å². The zero-order valence-electron chi connectivity index (χ0n) is 18.1. The molecule has 0 radical (unpaired) electrons. The summed E-state index contributed by atoms with van der Waals surface area (Å²) < 4.78 is 21.8. The molecule has 1 heterocycles. The second kappa shape index (κ2) is 11.3. The molecule has 1 amide bonds.